The van der Waals surface area contributed by atoms with Crippen LogP contribution in [0.1, 0.15) is 32.4 Å². The summed E-state index contributed by atoms with van der Waals surface area (Å²) in [6.45, 7) is 4.92. The van der Waals surface area contributed by atoms with Gasteiger partial charge in [0.05, 0.1) is 22.9 Å². The molecule has 1 aliphatic heterocycles. The lowest BCUT2D eigenvalue weighted by atomic mass is 9.82. The van der Waals surface area contributed by atoms with Gasteiger partial charge in [0, 0.05) is 31.9 Å². The van der Waals surface area contributed by atoms with Crippen LogP contribution >= 0.6 is 0 Å². The number of hydrogen-bond donors (Lipinski definition) is 1. The standard InChI is InChI=1S/C17H24N2O2/c1-12(2)16-11-17(20,8-9-21-16)10-14-13-6-4-5-7-15(13)19(3)18-14/h4-7,12,16,20H,8-11H2,1-3H3. The van der Waals surface area contributed by atoms with E-state index in [-0.39, 0.29) is 6.10 Å². The molecule has 0 aliphatic carbocycles. The Morgan fingerprint density at radius 2 is 2.19 bits per heavy atom. The summed E-state index contributed by atoms with van der Waals surface area (Å²) in [6.07, 6.45) is 2.11. The van der Waals surface area contributed by atoms with Crippen LogP contribution < -0.4 is 0 Å². The fourth-order valence-electron chi connectivity index (χ4n) is 3.26. The summed E-state index contributed by atoms with van der Waals surface area (Å²) in [5, 5.41) is 16.7. The maximum atomic E-state index is 11.0. The molecule has 1 aromatic heterocycles. The zero-order valence-corrected chi connectivity index (χ0v) is 13.0. The first-order valence-corrected chi connectivity index (χ1v) is 7.73. The van der Waals surface area contributed by atoms with Crippen LogP contribution in [0, 0.1) is 5.92 Å². The number of nitrogens with zero attached hydrogens (tertiary/aromatic N) is 2. The van der Waals surface area contributed by atoms with Gasteiger partial charge in [0.2, 0.25) is 0 Å². The molecular weight excluding hydrogens is 264 g/mol. The highest BCUT2D eigenvalue weighted by molar-refractivity contribution is 5.81. The van der Waals surface area contributed by atoms with Crippen LogP contribution in [0.25, 0.3) is 10.9 Å². The molecule has 0 amide bonds. The second-order valence-corrected chi connectivity index (χ2v) is 6.60. The van der Waals surface area contributed by atoms with Crippen LogP contribution in [0.15, 0.2) is 24.3 Å². The zero-order valence-electron chi connectivity index (χ0n) is 13.0. The molecule has 2 heterocycles. The highest BCUT2D eigenvalue weighted by Crippen LogP contribution is 2.32. The predicted molar refractivity (Wildman–Crippen MR) is 83.2 cm³/mol. The van der Waals surface area contributed by atoms with Crippen molar-refractivity contribution in [2.45, 2.75) is 44.8 Å². The Labute approximate surface area is 125 Å². The zero-order chi connectivity index (χ0) is 15.0. The lowest BCUT2D eigenvalue weighted by Gasteiger charge is -2.38. The molecule has 2 aromatic rings. The number of rotatable bonds is 3. The third kappa shape index (κ3) is 2.83. The van der Waals surface area contributed by atoms with E-state index in [4.69, 9.17) is 4.74 Å². The number of aromatic nitrogens is 2. The van der Waals surface area contributed by atoms with Crippen molar-refractivity contribution in [1.29, 1.82) is 0 Å². The fraction of sp³-hybridized carbons (Fsp3) is 0.588. The molecule has 2 unspecified atom stereocenters. The molecular formula is C17H24N2O2. The molecule has 1 saturated heterocycles. The summed E-state index contributed by atoms with van der Waals surface area (Å²) >= 11 is 0. The van der Waals surface area contributed by atoms with Crippen molar-refractivity contribution >= 4 is 10.9 Å². The first kappa shape index (κ1) is 14.5. The Morgan fingerprint density at radius 3 is 2.95 bits per heavy atom. The van der Waals surface area contributed by atoms with E-state index in [1.54, 1.807) is 0 Å². The summed E-state index contributed by atoms with van der Waals surface area (Å²) < 4.78 is 7.68. The van der Waals surface area contributed by atoms with Crippen LogP contribution in [0.5, 0.6) is 0 Å². The van der Waals surface area contributed by atoms with Gasteiger partial charge in [0.1, 0.15) is 0 Å². The van der Waals surface area contributed by atoms with Gasteiger partial charge in [-0.15, -0.1) is 0 Å². The Bertz CT molecular complexity index is 635. The van der Waals surface area contributed by atoms with Crippen molar-refractivity contribution in [3.63, 3.8) is 0 Å². The summed E-state index contributed by atoms with van der Waals surface area (Å²) in [6, 6.07) is 8.20. The van der Waals surface area contributed by atoms with Gasteiger partial charge in [-0.2, -0.15) is 5.10 Å². The molecule has 1 aliphatic rings. The van der Waals surface area contributed by atoms with Gasteiger partial charge >= 0.3 is 0 Å². The molecule has 2 atom stereocenters. The van der Waals surface area contributed by atoms with Crippen molar-refractivity contribution in [1.82, 2.24) is 9.78 Å². The van der Waals surface area contributed by atoms with E-state index < -0.39 is 5.60 Å². The minimum Gasteiger partial charge on any atom is -0.389 e. The average molecular weight is 288 g/mol. The van der Waals surface area contributed by atoms with Crippen LogP contribution in [0.4, 0.5) is 0 Å². The van der Waals surface area contributed by atoms with Crippen LogP contribution in [0.3, 0.4) is 0 Å². The van der Waals surface area contributed by atoms with E-state index in [2.05, 4.69) is 31.1 Å². The lowest BCUT2D eigenvalue weighted by Crippen LogP contribution is -2.44. The molecule has 0 spiro atoms. The third-order valence-corrected chi connectivity index (χ3v) is 4.55. The highest BCUT2D eigenvalue weighted by atomic mass is 16.5. The minimum atomic E-state index is -0.704. The van der Waals surface area contributed by atoms with Gasteiger partial charge in [-0.25, -0.2) is 0 Å². The maximum Gasteiger partial charge on any atom is 0.0750 e. The normalized spacial score (nSPS) is 26.6. The Balaban J connectivity index is 1.87. The summed E-state index contributed by atoms with van der Waals surface area (Å²) in [5.41, 5.74) is 1.40. The molecule has 21 heavy (non-hydrogen) atoms. The van der Waals surface area contributed by atoms with E-state index in [1.165, 1.54) is 0 Å². The molecule has 114 valence electrons. The molecule has 1 N–H and O–H groups in total. The van der Waals surface area contributed by atoms with Gasteiger partial charge in [-0.3, -0.25) is 4.68 Å². The van der Waals surface area contributed by atoms with Crippen molar-refractivity contribution in [3.05, 3.63) is 30.0 Å². The van der Waals surface area contributed by atoms with Gasteiger partial charge < -0.3 is 9.84 Å². The smallest absolute Gasteiger partial charge is 0.0750 e. The summed E-state index contributed by atoms with van der Waals surface area (Å²) in [7, 11) is 1.96. The van der Waals surface area contributed by atoms with E-state index in [0.717, 1.165) is 16.6 Å². The molecule has 3 rings (SSSR count). The number of aliphatic hydroxyl groups is 1. The molecule has 0 bridgehead atoms. The number of ether oxygens (including phenoxy) is 1. The van der Waals surface area contributed by atoms with Crippen LogP contribution in [0.2, 0.25) is 0 Å². The van der Waals surface area contributed by atoms with Crippen molar-refractivity contribution in [2.75, 3.05) is 6.61 Å². The lowest BCUT2D eigenvalue weighted by molar-refractivity contribution is -0.116. The topological polar surface area (TPSA) is 47.3 Å². The van der Waals surface area contributed by atoms with E-state index in [9.17, 15) is 5.11 Å². The van der Waals surface area contributed by atoms with E-state index in [0.29, 0.717) is 31.8 Å². The average Bonchev–Trinajstić information content (AvgIpc) is 2.75. The predicted octanol–water partition coefficient (Wildman–Crippen LogP) is 2.68. The molecule has 1 aromatic carbocycles. The number of hydrogen-bond acceptors (Lipinski definition) is 3. The summed E-state index contributed by atoms with van der Waals surface area (Å²) in [5.74, 6) is 0.428. The third-order valence-electron chi connectivity index (χ3n) is 4.55. The van der Waals surface area contributed by atoms with Gasteiger partial charge in [-0.05, 0) is 18.4 Å². The molecule has 0 radical (unpaired) electrons. The molecule has 0 saturated carbocycles. The van der Waals surface area contributed by atoms with Gasteiger partial charge in [-0.1, -0.05) is 32.0 Å². The monoisotopic (exact) mass is 288 g/mol. The largest absolute Gasteiger partial charge is 0.389 e. The van der Waals surface area contributed by atoms with Crippen molar-refractivity contribution in [3.8, 4) is 0 Å². The first-order valence-electron chi connectivity index (χ1n) is 7.73. The quantitative estimate of drug-likeness (QED) is 0.944. The van der Waals surface area contributed by atoms with E-state index >= 15 is 0 Å². The van der Waals surface area contributed by atoms with Crippen molar-refractivity contribution < 1.29 is 9.84 Å². The van der Waals surface area contributed by atoms with Gasteiger partial charge in [0.25, 0.3) is 0 Å². The molecule has 4 heteroatoms. The number of benzene rings is 1. The molecule has 4 nitrogen and oxygen atoms in total. The first-order chi connectivity index (χ1) is 9.98. The Morgan fingerprint density at radius 1 is 1.43 bits per heavy atom. The second kappa shape index (κ2) is 5.43. The summed E-state index contributed by atoms with van der Waals surface area (Å²) in [4.78, 5) is 0. The van der Waals surface area contributed by atoms with Crippen LogP contribution in [-0.2, 0) is 18.2 Å². The number of fused-ring (bicyclic) bond motifs is 1. The highest BCUT2D eigenvalue weighted by Gasteiger charge is 2.37. The maximum absolute atomic E-state index is 11.0. The van der Waals surface area contributed by atoms with E-state index in [1.807, 2.05) is 23.9 Å². The number of para-hydroxylation sites is 1. The SMILES string of the molecule is CC(C)C1CC(O)(Cc2nn(C)c3ccccc23)CCO1. The Hall–Kier alpha value is -1.39. The minimum absolute atomic E-state index is 0.138. The van der Waals surface area contributed by atoms with Crippen LogP contribution in [-0.4, -0.2) is 33.2 Å². The van der Waals surface area contributed by atoms with Gasteiger partial charge in [0.15, 0.2) is 0 Å². The fourth-order valence-corrected chi connectivity index (χ4v) is 3.26. The Kier molecular flexibility index (Phi) is 3.76. The number of aryl methyl sites for hydroxylation is 1. The van der Waals surface area contributed by atoms with Crippen molar-refractivity contribution in [2.24, 2.45) is 13.0 Å². The second-order valence-electron chi connectivity index (χ2n) is 6.60. The molecule has 1 fully saturated rings.